The molecule has 1 heterocycles. The summed E-state index contributed by atoms with van der Waals surface area (Å²) in [7, 11) is 4.79. The molecule has 2 atom stereocenters. The molecule has 0 unspecified atom stereocenters. The summed E-state index contributed by atoms with van der Waals surface area (Å²) in [5, 5.41) is 7.22. The van der Waals surface area contributed by atoms with Gasteiger partial charge in [0.05, 0.1) is 45.4 Å². The van der Waals surface area contributed by atoms with Gasteiger partial charge in [0.1, 0.15) is 5.75 Å². The maximum Gasteiger partial charge on any atom is 0.203 e. The summed E-state index contributed by atoms with van der Waals surface area (Å²) in [5.41, 5.74) is 5.51. The quantitative estimate of drug-likeness (QED) is 0.406. The van der Waals surface area contributed by atoms with Crippen molar-refractivity contribution in [3.8, 4) is 23.0 Å². The summed E-state index contributed by atoms with van der Waals surface area (Å²) in [5.74, 6) is 2.53. The second-order valence-corrected chi connectivity index (χ2v) is 9.13. The molecule has 0 saturated carbocycles. The molecule has 1 aliphatic carbocycles. The Bertz CT molecular complexity index is 1320. The Morgan fingerprint density at radius 2 is 1.57 bits per heavy atom. The van der Waals surface area contributed by atoms with Crippen molar-refractivity contribution in [1.29, 1.82) is 0 Å². The first kappa shape index (κ1) is 24.6. The lowest BCUT2D eigenvalue weighted by atomic mass is 9.78. The molecule has 0 aromatic heterocycles. The molecule has 192 valence electrons. The van der Waals surface area contributed by atoms with Gasteiger partial charge in [-0.1, -0.05) is 24.3 Å². The fraction of sp³-hybridized carbons (Fsp3) is 0.300. The van der Waals surface area contributed by atoms with Gasteiger partial charge in [-0.05, 0) is 66.8 Å². The van der Waals surface area contributed by atoms with Crippen LogP contribution in [0.25, 0.3) is 0 Å². The van der Waals surface area contributed by atoms with Gasteiger partial charge >= 0.3 is 0 Å². The third-order valence-corrected chi connectivity index (χ3v) is 6.97. The van der Waals surface area contributed by atoms with Crippen molar-refractivity contribution in [3.63, 3.8) is 0 Å². The molecule has 0 fully saturated rings. The summed E-state index contributed by atoms with van der Waals surface area (Å²) >= 11 is 0. The zero-order valence-electron chi connectivity index (χ0n) is 21.6. The maximum absolute atomic E-state index is 13.9. The van der Waals surface area contributed by atoms with E-state index in [1.165, 1.54) is 0 Å². The van der Waals surface area contributed by atoms with E-state index in [1.807, 2.05) is 67.6 Å². The van der Waals surface area contributed by atoms with Crippen LogP contribution in [0.1, 0.15) is 42.9 Å². The standard InChI is InChI=1S/C30H32N2O5/c1-5-37-21-10-8-9-18(13-21)29-28-24(31-22-11-6-7-12-23(22)32-29)14-19(15-25(28)33)20-16-26(34-2)30(36-4)27(17-20)35-3/h6-13,16-17,19,29,31-32H,5,14-15H2,1-4H3/t19-,29+/m0/s1. The molecule has 5 rings (SSSR count). The average Bonchev–Trinajstić information content (AvgIpc) is 3.09. The summed E-state index contributed by atoms with van der Waals surface area (Å²) in [6.07, 6.45) is 1.04. The number of allylic oxidation sites excluding steroid dienone is 1. The highest BCUT2D eigenvalue weighted by molar-refractivity contribution is 6.01. The second-order valence-electron chi connectivity index (χ2n) is 9.13. The molecule has 2 N–H and O–H groups in total. The molecule has 0 radical (unpaired) electrons. The monoisotopic (exact) mass is 500 g/mol. The zero-order chi connectivity index (χ0) is 25.9. The van der Waals surface area contributed by atoms with Crippen molar-refractivity contribution >= 4 is 17.2 Å². The lowest BCUT2D eigenvalue weighted by Gasteiger charge is -2.30. The molecular formula is C30H32N2O5. The van der Waals surface area contributed by atoms with E-state index in [4.69, 9.17) is 18.9 Å². The summed E-state index contributed by atoms with van der Waals surface area (Å²) < 4.78 is 22.4. The molecule has 3 aromatic carbocycles. The molecule has 0 spiro atoms. The molecule has 2 aliphatic rings. The Labute approximate surface area is 217 Å². The third-order valence-electron chi connectivity index (χ3n) is 6.97. The fourth-order valence-electron chi connectivity index (χ4n) is 5.27. The van der Waals surface area contributed by atoms with Crippen LogP contribution in [0.4, 0.5) is 11.4 Å². The van der Waals surface area contributed by atoms with E-state index < -0.39 is 0 Å². The predicted octanol–water partition coefficient (Wildman–Crippen LogP) is 6.09. The molecule has 37 heavy (non-hydrogen) atoms. The minimum atomic E-state index is -0.306. The molecule has 0 amide bonds. The molecular weight excluding hydrogens is 468 g/mol. The maximum atomic E-state index is 13.9. The van der Waals surface area contributed by atoms with Gasteiger partial charge in [0, 0.05) is 17.7 Å². The van der Waals surface area contributed by atoms with E-state index in [0.717, 1.165) is 39.5 Å². The first-order valence-corrected chi connectivity index (χ1v) is 12.5. The van der Waals surface area contributed by atoms with E-state index in [1.54, 1.807) is 21.3 Å². The van der Waals surface area contributed by atoms with Gasteiger partial charge in [0.15, 0.2) is 17.3 Å². The second kappa shape index (κ2) is 10.5. The molecule has 1 aliphatic heterocycles. The number of fused-ring (bicyclic) bond motifs is 1. The highest BCUT2D eigenvalue weighted by atomic mass is 16.5. The molecule has 0 bridgehead atoms. The lowest BCUT2D eigenvalue weighted by Crippen LogP contribution is -2.27. The van der Waals surface area contributed by atoms with Crippen LogP contribution < -0.4 is 29.6 Å². The van der Waals surface area contributed by atoms with Crippen molar-refractivity contribution in [2.75, 3.05) is 38.6 Å². The van der Waals surface area contributed by atoms with Gasteiger partial charge in [0.2, 0.25) is 5.75 Å². The molecule has 7 heteroatoms. The molecule has 3 aromatic rings. The Hall–Kier alpha value is -4.13. The van der Waals surface area contributed by atoms with Gasteiger partial charge in [0.25, 0.3) is 0 Å². The number of ether oxygens (including phenoxy) is 4. The fourth-order valence-corrected chi connectivity index (χ4v) is 5.27. The normalized spacial score (nSPS) is 18.5. The van der Waals surface area contributed by atoms with E-state index in [0.29, 0.717) is 36.7 Å². The number of rotatable bonds is 7. The Balaban J connectivity index is 1.59. The van der Waals surface area contributed by atoms with Crippen LogP contribution in [-0.4, -0.2) is 33.7 Å². The number of carbonyl (C=O) groups excluding carboxylic acids is 1. The third kappa shape index (κ3) is 4.69. The van der Waals surface area contributed by atoms with Crippen molar-refractivity contribution in [1.82, 2.24) is 0 Å². The zero-order valence-corrected chi connectivity index (χ0v) is 21.6. The van der Waals surface area contributed by atoms with Gasteiger partial charge in [-0.3, -0.25) is 4.79 Å². The number of ketones is 1. The SMILES string of the molecule is CCOc1cccc([C@H]2Nc3ccccc3NC3=C2C(=O)C[C@@H](c2cc(OC)c(OC)c(OC)c2)C3)c1. The number of anilines is 2. The smallest absolute Gasteiger partial charge is 0.203 e. The van der Waals surface area contributed by atoms with Crippen LogP contribution in [0, 0.1) is 0 Å². The number of para-hydroxylation sites is 2. The van der Waals surface area contributed by atoms with Crippen molar-refractivity contribution in [3.05, 3.63) is 83.1 Å². The Kier molecular flexibility index (Phi) is 6.95. The van der Waals surface area contributed by atoms with Crippen molar-refractivity contribution in [2.24, 2.45) is 0 Å². The van der Waals surface area contributed by atoms with Gasteiger partial charge < -0.3 is 29.6 Å². The van der Waals surface area contributed by atoms with Crippen molar-refractivity contribution in [2.45, 2.75) is 31.7 Å². The number of methoxy groups -OCH3 is 3. The minimum absolute atomic E-state index is 0.0480. The summed E-state index contributed by atoms with van der Waals surface area (Å²) in [6.45, 7) is 2.54. The summed E-state index contributed by atoms with van der Waals surface area (Å²) in [6, 6.07) is 19.6. The van der Waals surface area contributed by atoms with E-state index in [2.05, 4.69) is 10.6 Å². The topological polar surface area (TPSA) is 78.1 Å². The van der Waals surface area contributed by atoms with Crippen molar-refractivity contribution < 1.29 is 23.7 Å². The number of hydrogen-bond acceptors (Lipinski definition) is 7. The van der Waals surface area contributed by atoms with Crippen LogP contribution in [0.15, 0.2) is 71.9 Å². The van der Waals surface area contributed by atoms with E-state index >= 15 is 0 Å². The van der Waals surface area contributed by atoms with Crippen LogP contribution >= 0.6 is 0 Å². The largest absolute Gasteiger partial charge is 0.494 e. The Morgan fingerprint density at radius 3 is 2.24 bits per heavy atom. The first-order chi connectivity index (χ1) is 18.1. The number of carbonyl (C=O) groups is 1. The Morgan fingerprint density at radius 1 is 0.838 bits per heavy atom. The van der Waals surface area contributed by atoms with E-state index in [9.17, 15) is 4.79 Å². The number of nitrogens with one attached hydrogen (secondary N) is 2. The number of Topliss-reactive ketones (excluding diaryl/α,β-unsaturated/α-hetero) is 1. The highest BCUT2D eigenvalue weighted by Crippen LogP contribution is 2.47. The average molecular weight is 501 g/mol. The summed E-state index contributed by atoms with van der Waals surface area (Å²) in [4.78, 5) is 13.9. The highest BCUT2D eigenvalue weighted by Gasteiger charge is 2.36. The lowest BCUT2D eigenvalue weighted by molar-refractivity contribution is -0.116. The van der Waals surface area contributed by atoms with Gasteiger partial charge in [-0.15, -0.1) is 0 Å². The van der Waals surface area contributed by atoms with Crippen LogP contribution in [0.2, 0.25) is 0 Å². The number of hydrogen-bond donors (Lipinski definition) is 2. The van der Waals surface area contributed by atoms with Crippen LogP contribution in [-0.2, 0) is 4.79 Å². The molecule has 7 nitrogen and oxygen atoms in total. The van der Waals surface area contributed by atoms with Gasteiger partial charge in [-0.2, -0.15) is 0 Å². The predicted molar refractivity (Wildman–Crippen MR) is 144 cm³/mol. The van der Waals surface area contributed by atoms with Crippen LogP contribution in [0.5, 0.6) is 23.0 Å². The minimum Gasteiger partial charge on any atom is -0.494 e. The van der Waals surface area contributed by atoms with Crippen LogP contribution in [0.3, 0.4) is 0 Å². The number of benzene rings is 3. The molecule has 0 saturated heterocycles. The van der Waals surface area contributed by atoms with Gasteiger partial charge in [-0.25, -0.2) is 0 Å². The van der Waals surface area contributed by atoms with E-state index in [-0.39, 0.29) is 17.7 Å². The first-order valence-electron chi connectivity index (χ1n) is 12.5.